The Morgan fingerprint density at radius 1 is 1.41 bits per heavy atom. The summed E-state index contributed by atoms with van der Waals surface area (Å²) < 4.78 is 11.1. The Kier molecular flexibility index (Phi) is 3.03. The number of aliphatic hydroxyl groups is 1. The fourth-order valence-electron chi connectivity index (χ4n) is 1.99. The Morgan fingerprint density at radius 3 is 2.65 bits per heavy atom. The van der Waals surface area contributed by atoms with E-state index in [9.17, 15) is 9.90 Å². The van der Waals surface area contributed by atoms with Crippen LogP contribution in [0.1, 0.15) is 13.8 Å². The molecule has 0 bridgehead atoms. The molecule has 2 amide bonds. The molecule has 7 nitrogen and oxygen atoms in total. The maximum Gasteiger partial charge on any atom is 0.343 e. The highest BCUT2D eigenvalue weighted by Crippen LogP contribution is 2.33. The van der Waals surface area contributed by atoms with Gasteiger partial charge in [0.25, 0.3) is 0 Å². The molecule has 1 unspecified atom stereocenters. The lowest BCUT2D eigenvalue weighted by Crippen LogP contribution is -2.56. The minimum atomic E-state index is -1.19. The van der Waals surface area contributed by atoms with Gasteiger partial charge in [0.15, 0.2) is 5.79 Å². The Hall–Kier alpha value is -0.890. The number of fused-ring (bicyclic) bond motifs is 1. The molecule has 98 valence electrons. The van der Waals surface area contributed by atoms with Gasteiger partial charge in [-0.05, 0) is 13.8 Å². The number of hydroxylamine groups is 2. The van der Waals surface area contributed by atoms with E-state index in [1.165, 1.54) is 4.90 Å². The first-order chi connectivity index (χ1) is 7.80. The van der Waals surface area contributed by atoms with Crippen molar-refractivity contribution in [3.63, 3.8) is 0 Å². The van der Waals surface area contributed by atoms with Crippen LogP contribution in [-0.2, 0) is 14.3 Å². The number of aliphatic hydroxyl groups excluding tert-OH is 1. The molecule has 2 rings (SSSR count). The molecule has 0 aromatic heterocycles. The Bertz CT molecular complexity index is 320. The number of urea groups is 1. The molecule has 2 heterocycles. The van der Waals surface area contributed by atoms with Gasteiger partial charge in [-0.25, -0.2) is 9.63 Å². The summed E-state index contributed by atoms with van der Waals surface area (Å²) >= 11 is 0. The maximum absolute atomic E-state index is 11.7. The number of amides is 2. The summed E-state index contributed by atoms with van der Waals surface area (Å²) in [6, 6.07) is -0.337. The normalized spacial score (nSPS) is 35.6. The molecule has 0 aromatic carbocycles. The van der Waals surface area contributed by atoms with Crippen LogP contribution in [-0.4, -0.2) is 66.0 Å². The summed E-state index contributed by atoms with van der Waals surface area (Å²) in [5.74, 6) is -0.767. The fourth-order valence-corrected chi connectivity index (χ4v) is 1.99. The van der Waals surface area contributed by atoms with Crippen molar-refractivity contribution < 1.29 is 24.2 Å². The first kappa shape index (κ1) is 12.6. The van der Waals surface area contributed by atoms with E-state index in [0.29, 0.717) is 0 Å². The average Bonchev–Trinajstić information content (AvgIpc) is 2.51. The molecule has 2 fully saturated rings. The van der Waals surface area contributed by atoms with Crippen molar-refractivity contribution in [2.24, 2.45) is 0 Å². The molecule has 0 radical (unpaired) electrons. The zero-order valence-corrected chi connectivity index (χ0v) is 10.4. The highest BCUT2D eigenvalue weighted by molar-refractivity contribution is 5.72. The molecule has 2 aliphatic rings. The Labute approximate surface area is 99.8 Å². The molecule has 7 heteroatoms. The molecule has 2 aliphatic heterocycles. The van der Waals surface area contributed by atoms with Gasteiger partial charge in [-0.3, -0.25) is 0 Å². The van der Waals surface area contributed by atoms with E-state index in [1.54, 1.807) is 27.9 Å². The van der Waals surface area contributed by atoms with Crippen molar-refractivity contribution in [1.82, 2.24) is 9.96 Å². The predicted molar refractivity (Wildman–Crippen MR) is 56.7 cm³/mol. The van der Waals surface area contributed by atoms with Gasteiger partial charge in [0.1, 0.15) is 12.2 Å². The third-order valence-electron chi connectivity index (χ3n) is 2.68. The molecule has 0 aromatic rings. The first-order valence-corrected chi connectivity index (χ1v) is 5.49. The molecule has 0 spiro atoms. The van der Waals surface area contributed by atoms with Gasteiger partial charge in [0, 0.05) is 14.1 Å². The number of hydrogen-bond donors (Lipinski definition) is 1. The quantitative estimate of drug-likeness (QED) is 0.638. The summed E-state index contributed by atoms with van der Waals surface area (Å²) in [5, 5.41) is 10.9. The standard InChI is InChI=1S/C10H18N2O5/c1-10(2)15-6-5-12(9(14)11(3)4)17-8(13)7(6)16-10/h6-8,13H,5H2,1-4H3/t6-,7-,8?/m0/s1. The lowest BCUT2D eigenvalue weighted by atomic mass is 10.2. The Balaban J connectivity index is 2.08. The van der Waals surface area contributed by atoms with Gasteiger partial charge in [0.05, 0.1) is 6.54 Å². The van der Waals surface area contributed by atoms with Crippen LogP contribution in [0.25, 0.3) is 0 Å². The van der Waals surface area contributed by atoms with Crippen LogP contribution >= 0.6 is 0 Å². The molecule has 2 saturated heterocycles. The van der Waals surface area contributed by atoms with Crippen LogP contribution in [0.5, 0.6) is 0 Å². The van der Waals surface area contributed by atoms with E-state index in [-0.39, 0.29) is 18.7 Å². The third kappa shape index (κ3) is 2.37. The van der Waals surface area contributed by atoms with E-state index in [4.69, 9.17) is 14.3 Å². The minimum Gasteiger partial charge on any atom is -0.364 e. The third-order valence-corrected chi connectivity index (χ3v) is 2.68. The van der Waals surface area contributed by atoms with E-state index in [1.807, 2.05) is 0 Å². The molecular formula is C10H18N2O5. The molecule has 0 aliphatic carbocycles. The van der Waals surface area contributed by atoms with Crippen molar-refractivity contribution in [2.75, 3.05) is 20.6 Å². The van der Waals surface area contributed by atoms with Crippen molar-refractivity contribution in [2.45, 2.75) is 38.1 Å². The van der Waals surface area contributed by atoms with Crippen LogP contribution in [0, 0.1) is 0 Å². The average molecular weight is 246 g/mol. The largest absolute Gasteiger partial charge is 0.364 e. The van der Waals surface area contributed by atoms with E-state index in [2.05, 4.69) is 0 Å². The van der Waals surface area contributed by atoms with Gasteiger partial charge in [0.2, 0.25) is 6.29 Å². The predicted octanol–water partition coefficient (Wildman–Crippen LogP) is -0.246. The highest BCUT2D eigenvalue weighted by atomic mass is 16.8. The van der Waals surface area contributed by atoms with Gasteiger partial charge < -0.3 is 19.5 Å². The molecular weight excluding hydrogens is 228 g/mol. The van der Waals surface area contributed by atoms with Crippen LogP contribution in [0.15, 0.2) is 0 Å². The van der Waals surface area contributed by atoms with Gasteiger partial charge in [-0.2, -0.15) is 5.06 Å². The van der Waals surface area contributed by atoms with E-state index < -0.39 is 18.2 Å². The molecule has 17 heavy (non-hydrogen) atoms. The van der Waals surface area contributed by atoms with Crippen LogP contribution in [0.4, 0.5) is 4.79 Å². The second-order valence-electron chi connectivity index (χ2n) is 4.87. The number of ether oxygens (including phenoxy) is 2. The second-order valence-corrected chi connectivity index (χ2v) is 4.87. The van der Waals surface area contributed by atoms with E-state index >= 15 is 0 Å². The fraction of sp³-hybridized carbons (Fsp3) is 0.900. The lowest BCUT2D eigenvalue weighted by Gasteiger charge is -2.36. The summed E-state index contributed by atoms with van der Waals surface area (Å²) in [6.45, 7) is 3.76. The summed E-state index contributed by atoms with van der Waals surface area (Å²) in [5.41, 5.74) is 0. The minimum absolute atomic E-state index is 0.238. The van der Waals surface area contributed by atoms with Crippen molar-refractivity contribution in [1.29, 1.82) is 0 Å². The summed E-state index contributed by atoms with van der Waals surface area (Å²) in [6.07, 6.45) is -2.13. The van der Waals surface area contributed by atoms with Gasteiger partial charge in [-0.1, -0.05) is 0 Å². The van der Waals surface area contributed by atoms with Gasteiger partial charge in [-0.15, -0.1) is 0 Å². The highest BCUT2D eigenvalue weighted by Gasteiger charge is 2.50. The Morgan fingerprint density at radius 2 is 2.06 bits per heavy atom. The van der Waals surface area contributed by atoms with Crippen LogP contribution in [0.3, 0.4) is 0 Å². The maximum atomic E-state index is 11.7. The number of nitrogens with zero attached hydrogens (tertiary/aromatic N) is 2. The summed E-state index contributed by atoms with van der Waals surface area (Å²) in [4.78, 5) is 18.2. The van der Waals surface area contributed by atoms with Gasteiger partial charge >= 0.3 is 6.03 Å². The SMILES string of the molecule is CN(C)C(=O)N1C[C@@H]2OC(C)(C)O[C@@H]2C(O)O1. The van der Waals surface area contributed by atoms with Crippen molar-refractivity contribution in [3.8, 4) is 0 Å². The number of carbonyl (C=O) groups is 1. The zero-order valence-electron chi connectivity index (χ0n) is 10.4. The lowest BCUT2D eigenvalue weighted by molar-refractivity contribution is -0.302. The first-order valence-electron chi connectivity index (χ1n) is 5.49. The number of carbonyl (C=O) groups excluding carboxylic acids is 1. The monoisotopic (exact) mass is 246 g/mol. The molecule has 0 saturated carbocycles. The molecule has 1 N–H and O–H groups in total. The number of rotatable bonds is 0. The van der Waals surface area contributed by atoms with Crippen LogP contribution < -0.4 is 0 Å². The zero-order chi connectivity index (χ0) is 12.8. The second kappa shape index (κ2) is 4.09. The topological polar surface area (TPSA) is 71.5 Å². The smallest absolute Gasteiger partial charge is 0.343 e. The van der Waals surface area contributed by atoms with Crippen molar-refractivity contribution in [3.05, 3.63) is 0 Å². The van der Waals surface area contributed by atoms with Crippen LogP contribution in [0.2, 0.25) is 0 Å². The van der Waals surface area contributed by atoms with Crippen molar-refractivity contribution >= 4 is 6.03 Å². The molecule has 3 atom stereocenters. The van der Waals surface area contributed by atoms with E-state index in [0.717, 1.165) is 5.06 Å². The summed E-state index contributed by atoms with van der Waals surface area (Å²) in [7, 11) is 3.22. The number of hydrogen-bond acceptors (Lipinski definition) is 5.